The molecule has 5 nitrogen and oxygen atoms in total. The first-order chi connectivity index (χ1) is 12.6. The number of rotatable bonds is 8. The molecule has 2 aromatic carbocycles. The molecule has 0 heterocycles. The number of benzene rings is 2. The van der Waals surface area contributed by atoms with Crippen molar-refractivity contribution in [3.63, 3.8) is 0 Å². The maximum atomic E-state index is 5.91. The van der Waals surface area contributed by atoms with Gasteiger partial charge in [-0.25, -0.2) is 0 Å². The molecule has 140 valence electrons. The molecule has 0 aliphatic carbocycles. The lowest BCUT2D eigenvalue weighted by Crippen LogP contribution is -2.36. The number of likely N-dealkylation sites (N-methyl/N-ethyl adjacent to an activating group) is 1. The third-order valence-corrected chi connectivity index (χ3v) is 4.01. The number of hydrogen-bond acceptors (Lipinski definition) is 3. The van der Waals surface area contributed by atoms with Crippen molar-refractivity contribution in [2.45, 2.75) is 13.1 Å². The largest absolute Gasteiger partial charge is 0.492 e. The molecule has 0 aromatic heterocycles. The van der Waals surface area contributed by atoms with E-state index in [2.05, 4.69) is 32.7 Å². The van der Waals surface area contributed by atoms with E-state index in [1.54, 1.807) is 7.05 Å². The molecular weight excluding hydrogens is 348 g/mol. The summed E-state index contributed by atoms with van der Waals surface area (Å²) in [5.74, 6) is 1.63. The minimum absolute atomic E-state index is 0.672. The van der Waals surface area contributed by atoms with E-state index in [1.165, 1.54) is 0 Å². The third kappa shape index (κ3) is 7.33. The van der Waals surface area contributed by atoms with Crippen LogP contribution in [0, 0.1) is 0 Å². The Kier molecular flexibility index (Phi) is 8.25. The summed E-state index contributed by atoms with van der Waals surface area (Å²) < 4.78 is 5.78. The number of ether oxygens (including phenoxy) is 1. The van der Waals surface area contributed by atoms with Crippen LogP contribution in [0.15, 0.2) is 53.5 Å². The van der Waals surface area contributed by atoms with Crippen molar-refractivity contribution in [2.75, 3.05) is 34.3 Å². The molecular formula is C20H27ClN4O. The van der Waals surface area contributed by atoms with Crippen LogP contribution in [-0.2, 0) is 13.1 Å². The zero-order chi connectivity index (χ0) is 18.8. The predicted molar refractivity (Wildman–Crippen MR) is 109 cm³/mol. The number of nitrogens with one attached hydrogen (secondary N) is 2. The minimum Gasteiger partial charge on any atom is -0.492 e. The Morgan fingerprint density at radius 3 is 2.38 bits per heavy atom. The van der Waals surface area contributed by atoms with Gasteiger partial charge in [0.1, 0.15) is 12.4 Å². The normalized spacial score (nSPS) is 11.5. The number of guanidine groups is 1. The average Bonchev–Trinajstić information content (AvgIpc) is 2.63. The molecule has 0 amide bonds. The molecule has 0 spiro atoms. The lowest BCUT2D eigenvalue weighted by Gasteiger charge is -2.14. The van der Waals surface area contributed by atoms with Crippen molar-refractivity contribution in [1.29, 1.82) is 0 Å². The molecule has 0 saturated heterocycles. The van der Waals surface area contributed by atoms with E-state index >= 15 is 0 Å². The molecule has 0 unspecified atom stereocenters. The van der Waals surface area contributed by atoms with Crippen LogP contribution < -0.4 is 15.4 Å². The van der Waals surface area contributed by atoms with Crippen molar-refractivity contribution in [3.8, 4) is 5.75 Å². The van der Waals surface area contributed by atoms with Gasteiger partial charge in [0.15, 0.2) is 5.96 Å². The van der Waals surface area contributed by atoms with Crippen molar-refractivity contribution < 1.29 is 4.74 Å². The summed E-state index contributed by atoms with van der Waals surface area (Å²) in [5.41, 5.74) is 2.29. The summed E-state index contributed by atoms with van der Waals surface area (Å²) in [6.45, 7) is 2.92. The highest BCUT2D eigenvalue weighted by Crippen LogP contribution is 2.13. The van der Waals surface area contributed by atoms with Crippen LogP contribution in [0.5, 0.6) is 5.75 Å². The Labute approximate surface area is 161 Å². The Balaban J connectivity index is 1.81. The molecule has 2 rings (SSSR count). The maximum Gasteiger partial charge on any atom is 0.191 e. The van der Waals surface area contributed by atoms with Gasteiger partial charge in [0.2, 0.25) is 0 Å². The molecule has 2 aromatic rings. The zero-order valence-corrected chi connectivity index (χ0v) is 16.4. The standard InChI is InChI=1S/C20H27ClN4O/c1-22-20(23-14-16-7-9-18(21)10-8-16)24-15-17-5-4-6-19(13-17)26-12-11-25(2)3/h4-10,13H,11-12,14-15H2,1-3H3,(H2,22,23,24). The fraction of sp³-hybridized carbons (Fsp3) is 0.350. The highest BCUT2D eigenvalue weighted by molar-refractivity contribution is 6.30. The Morgan fingerprint density at radius 1 is 1.04 bits per heavy atom. The first kappa shape index (κ1) is 20.1. The van der Waals surface area contributed by atoms with Crippen molar-refractivity contribution >= 4 is 17.6 Å². The Morgan fingerprint density at radius 2 is 1.73 bits per heavy atom. The SMILES string of the molecule is CN=C(NCc1ccc(Cl)cc1)NCc1cccc(OCCN(C)C)c1. The van der Waals surface area contributed by atoms with Crippen molar-refractivity contribution in [2.24, 2.45) is 4.99 Å². The molecule has 0 radical (unpaired) electrons. The van der Waals surface area contributed by atoms with E-state index < -0.39 is 0 Å². The van der Waals surface area contributed by atoms with Crippen molar-refractivity contribution in [3.05, 3.63) is 64.7 Å². The van der Waals surface area contributed by atoms with Crippen LogP contribution in [0.25, 0.3) is 0 Å². The lowest BCUT2D eigenvalue weighted by atomic mass is 10.2. The number of aliphatic imine (C=N–C) groups is 1. The Bertz CT molecular complexity index is 701. The van der Waals surface area contributed by atoms with Gasteiger partial charge in [-0.3, -0.25) is 4.99 Å². The van der Waals surface area contributed by atoms with E-state index in [-0.39, 0.29) is 0 Å². The topological polar surface area (TPSA) is 48.9 Å². The van der Waals surface area contributed by atoms with E-state index in [0.717, 1.165) is 34.4 Å². The van der Waals surface area contributed by atoms with E-state index in [4.69, 9.17) is 16.3 Å². The van der Waals surface area contributed by atoms with Crippen LogP contribution in [0.4, 0.5) is 0 Å². The van der Waals surface area contributed by atoms with Crippen LogP contribution in [0.2, 0.25) is 5.02 Å². The number of nitrogens with zero attached hydrogens (tertiary/aromatic N) is 2. The van der Waals surface area contributed by atoms with Gasteiger partial charge in [-0.15, -0.1) is 0 Å². The highest BCUT2D eigenvalue weighted by atomic mass is 35.5. The average molecular weight is 375 g/mol. The molecule has 0 saturated carbocycles. The summed E-state index contributed by atoms with van der Waals surface area (Å²) in [6, 6.07) is 15.9. The molecule has 0 fully saturated rings. The molecule has 26 heavy (non-hydrogen) atoms. The van der Waals surface area contributed by atoms with Crippen LogP contribution in [-0.4, -0.2) is 45.2 Å². The van der Waals surface area contributed by atoms with E-state index in [0.29, 0.717) is 19.7 Å². The first-order valence-electron chi connectivity index (χ1n) is 8.62. The van der Waals surface area contributed by atoms with Gasteiger partial charge < -0.3 is 20.3 Å². The summed E-state index contributed by atoms with van der Waals surface area (Å²) >= 11 is 5.91. The van der Waals surface area contributed by atoms with Gasteiger partial charge in [-0.1, -0.05) is 35.9 Å². The van der Waals surface area contributed by atoms with Gasteiger partial charge in [0.05, 0.1) is 0 Å². The molecule has 6 heteroatoms. The van der Waals surface area contributed by atoms with Gasteiger partial charge in [-0.2, -0.15) is 0 Å². The van der Waals surface area contributed by atoms with Gasteiger partial charge in [-0.05, 0) is 49.5 Å². The second-order valence-corrected chi connectivity index (χ2v) is 6.64. The van der Waals surface area contributed by atoms with Crippen LogP contribution in [0.1, 0.15) is 11.1 Å². The third-order valence-electron chi connectivity index (χ3n) is 3.76. The van der Waals surface area contributed by atoms with Crippen molar-refractivity contribution in [1.82, 2.24) is 15.5 Å². The van der Waals surface area contributed by atoms with Gasteiger partial charge in [0.25, 0.3) is 0 Å². The Hall–Kier alpha value is -2.24. The fourth-order valence-electron chi connectivity index (χ4n) is 2.29. The summed E-state index contributed by atoms with van der Waals surface area (Å²) in [4.78, 5) is 6.36. The summed E-state index contributed by atoms with van der Waals surface area (Å²) in [5, 5.41) is 7.35. The number of hydrogen-bond donors (Lipinski definition) is 2. The van der Waals surface area contributed by atoms with E-state index in [9.17, 15) is 0 Å². The molecule has 0 atom stereocenters. The highest BCUT2D eigenvalue weighted by Gasteiger charge is 2.01. The van der Waals surface area contributed by atoms with Gasteiger partial charge in [0, 0.05) is 31.7 Å². The second kappa shape index (κ2) is 10.7. The molecule has 0 aliphatic heterocycles. The quantitative estimate of drug-likeness (QED) is 0.550. The first-order valence-corrected chi connectivity index (χ1v) is 9.00. The fourth-order valence-corrected chi connectivity index (χ4v) is 2.41. The van der Waals surface area contributed by atoms with E-state index in [1.807, 2.05) is 50.5 Å². The molecule has 0 aliphatic rings. The molecule has 0 bridgehead atoms. The summed E-state index contributed by atoms with van der Waals surface area (Å²) in [6.07, 6.45) is 0. The monoisotopic (exact) mass is 374 g/mol. The maximum absolute atomic E-state index is 5.91. The minimum atomic E-state index is 0.672. The van der Waals surface area contributed by atoms with Crippen LogP contribution >= 0.6 is 11.6 Å². The molecule has 2 N–H and O–H groups in total. The smallest absolute Gasteiger partial charge is 0.191 e. The predicted octanol–water partition coefficient (Wildman–Crippen LogP) is 3.15. The number of halogens is 1. The lowest BCUT2D eigenvalue weighted by molar-refractivity contribution is 0.261. The zero-order valence-electron chi connectivity index (χ0n) is 15.6. The van der Waals surface area contributed by atoms with Gasteiger partial charge >= 0.3 is 0 Å². The second-order valence-electron chi connectivity index (χ2n) is 6.20. The summed E-state index contributed by atoms with van der Waals surface area (Å²) in [7, 11) is 5.83. The van der Waals surface area contributed by atoms with Crippen LogP contribution in [0.3, 0.4) is 0 Å².